The maximum Gasteiger partial charge on any atom is 0.227 e. The lowest BCUT2D eigenvalue weighted by Crippen LogP contribution is -2.42. The minimum atomic E-state index is 0.206. The minimum absolute atomic E-state index is 0.206. The molecule has 1 aromatic heterocycles. The Balaban J connectivity index is 1.70. The van der Waals surface area contributed by atoms with Gasteiger partial charge in [-0.25, -0.2) is 4.98 Å². The minimum Gasteiger partial charge on any atom is -0.377 e. The zero-order valence-electron chi connectivity index (χ0n) is 14.4. The van der Waals surface area contributed by atoms with E-state index >= 15 is 0 Å². The van der Waals surface area contributed by atoms with Crippen LogP contribution in [-0.4, -0.2) is 40.6 Å². The Morgan fingerprint density at radius 1 is 1.33 bits per heavy atom. The molecule has 0 N–H and O–H groups in total. The van der Waals surface area contributed by atoms with Crippen LogP contribution in [0.15, 0.2) is 36.5 Å². The second kappa shape index (κ2) is 7.62. The van der Waals surface area contributed by atoms with E-state index in [9.17, 15) is 4.79 Å². The van der Waals surface area contributed by atoms with E-state index in [-0.39, 0.29) is 11.9 Å². The van der Waals surface area contributed by atoms with E-state index in [4.69, 9.17) is 4.74 Å². The third-order valence-electron chi connectivity index (χ3n) is 4.64. The Hall–Kier alpha value is -2.14. The van der Waals surface area contributed by atoms with E-state index in [0.29, 0.717) is 13.0 Å². The third-order valence-corrected chi connectivity index (χ3v) is 4.64. The number of hydrogen-bond acceptors (Lipinski definition) is 3. The summed E-state index contributed by atoms with van der Waals surface area (Å²) in [6.07, 6.45) is 4.46. The van der Waals surface area contributed by atoms with Crippen LogP contribution in [0.1, 0.15) is 36.0 Å². The van der Waals surface area contributed by atoms with Crippen molar-refractivity contribution in [3.05, 3.63) is 53.6 Å². The highest BCUT2D eigenvalue weighted by molar-refractivity contribution is 5.78. The van der Waals surface area contributed by atoms with Crippen molar-refractivity contribution in [1.29, 1.82) is 0 Å². The average molecular weight is 327 g/mol. The summed E-state index contributed by atoms with van der Waals surface area (Å²) in [6.45, 7) is 4.16. The van der Waals surface area contributed by atoms with Gasteiger partial charge >= 0.3 is 0 Å². The van der Waals surface area contributed by atoms with Gasteiger partial charge in [-0.3, -0.25) is 4.79 Å². The lowest BCUT2D eigenvalue weighted by atomic mass is 10.0. The van der Waals surface area contributed by atoms with Crippen LogP contribution in [0.25, 0.3) is 0 Å². The molecule has 1 saturated heterocycles. The van der Waals surface area contributed by atoms with E-state index in [1.165, 1.54) is 0 Å². The molecule has 24 heavy (non-hydrogen) atoms. The summed E-state index contributed by atoms with van der Waals surface area (Å²) in [4.78, 5) is 19.1. The van der Waals surface area contributed by atoms with Gasteiger partial charge in [0.2, 0.25) is 5.91 Å². The smallest absolute Gasteiger partial charge is 0.227 e. The number of imidazole rings is 1. The topological polar surface area (TPSA) is 47.4 Å². The summed E-state index contributed by atoms with van der Waals surface area (Å²) in [7, 11) is 1.69. The summed E-state index contributed by atoms with van der Waals surface area (Å²) < 4.78 is 7.50. The molecule has 1 aliphatic heterocycles. The van der Waals surface area contributed by atoms with Crippen molar-refractivity contribution in [2.24, 2.45) is 0 Å². The average Bonchev–Trinajstić information content (AvgIpc) is 2.97. The lowest BCUT2D eigenvalue weighted by molar-refractivity contribution is -0.132. The number of aromatic nitrogens is 2. The highest BCUT2D eigenvalue weighted by Gasteiger charge is 2.27. The number of carbonyl (C=O) groups excluding carboxylic acids is 1. The molecule has 0 radical (unpaired) electrons. The fraction of sp³-hybridized carbons (Fsp3) is 0.474. The van der Waals surface area contributed by atoms with Gasteiger partial charge < -0.3 is 14.2 Å². The van der Waals surface area contributed by atoms with Crippen LogP contribution in [0.3, 0.4) is 0 Å². The predicted molar refractivity (Wildman–Crippen MR) is 92.7 cm³/mol. The Labute approximate surface area is 143 Å². The van der Waals surface area contributed by atoms with Crippen molar-refractivity contribution in [3.8, 4) is 0 Å². The predicted octanol–water partition coefficient (Wildman–Crippen LogP) is 2.74. The Bertz CT molecular complexity index is 681. The van der Waals surface area contributed by atoms with Gasteiger partial charge in [0, 0.05) is 32.1 Å². The highest BCUT2D eigenvalue weighted by atomic mass is 16.5. The van der Waals surface area contributed by atoms with Crippen molar-refractivity contribution in [3.63, 3.8) is 0 Å². The number of carbonyl (C=O) groups is 1. The maximum absolute atomic E-state index is 12.7. The van der Waals surface area contributed by atoms with Crippen LogP contribution >= 0.6 is 0 Å². The molecule has 0 spiro atoms. The van der Waals surface area contributed by atoms with Gasteiger partial charge in [0.15, 0.2) is 0 Å². The van der Waals surface area contributed by atoms with Gasteiger partial charge in [-0.1, -0.05) is 30.3 Å². The number of aryl methyl sites for hydroxylation is 1. The molecule has 2 aromatic rings. The number of nitrogens with zero attached hydrogens (tertiary/aromatic N) is 3. The number of ether oxygens (including phenoxy) is 1. The number of benzene rings is 1. The summed E-state index contributed by atoms with van der Waals surface area (Å²) in [6, 6.07) is 10.2. The van der Waals surface area contributed by atoms with Gasteiger partial charge in [0.1, 0.15) is 12.4 Å². The first-order valence-corrected chi connectivity index (χ1v) is 8.52. The summed E-state index contributed by atoms with van der Waals surface area (Å²) in [5, 5.41) is 0. The van der Waals surface area contributed by atoms with E-state index in [2.05, 4.69) is 16.5 Å². The van der Waals surface area contributed by atoms with Crippen LogP contribution in [-0.2, 0) is 22.6 Å². The monoisotopic (exact) mass is 327 g/mol. The van der Waals surface area contributed by atoms with Crippen molar-refractivity contribution in [2.75, 3.05) is 20.2 Å². The molecule has 1 aromatic carbocycles. The molecular formula is C19H25N3O2. The second-order valence-corrected chi connectivity index (χ2v) is 6.42. The molecule has 0 saturated carbocycles. The first-order valence-electron chi connectivity index (χ1n) is 8.52. The Morgan fingerprint density at radius 3 is 2.88 bits per heavy atom. The molecule has 2 heterocycles. The van der Waals surface area contributed by atoms with Crippen molar-refractivity contribution < 1.29 is 9.53 Å². The number of amides is 1. The van der Waals surface area contributed by atoms with Crippen molar-refractivity contribution >= 4 is 5.91 Å². The maximum atomic E-state index is 12.7. The molecule has 128 valence electrons. The SMILES string of the molecule is COCc1ncc(C)n1C1CCCN(C(=O)Cc2ccccc2)C1. The van der Waals surface area contributed by atoms with Crippen LogP contribution in [0.2, 0.25) is 0 Å². The molecule has 1 amide bonds. The Morgan fingerprint density at radius 2 is 2.12 bits per heavy atom. The van der Waals surface area contributed by atoms with Crippen LogP contribution in [0, 0.1) is 6.92 Å². The molecule has 1 atom stereocenters. The quantitative estimate of drug-likeness (QED) is 0.848. The van der Waals surface area contributed by atoms with Crippen LogP contribution in [0.4, 0.5) is 0 Å². The number of piperidine rings is 1. The van der Waals surface area contributed by atoms with Crippen molar-refractivity contribution in [1.82, 2.24) is 14.5 Å². The molecule has 1 unspecified atom stereocenters. The number of methoxy groups -OCH3 is 1. The summed E-state index contributed by atoms with van der Waals surface area (Å²) in [5.41, 5.74) is 2.20. The standard InChI is InChI=1S/C19H25N3O2/c1-15-12-20-18(14-24-2)22(15)17-9-6-10-21(13-17)19(23)11-16-7-4-3-5-8-16/h3-5,7-8,12,17H,6,9-11,13-14H2,1-2H3. The fourth-order valence-electron chi connectivity index (χ4n) is 3.50. The zero-order valence-corrected chi connectivity index (χ0v) is 14.4. The number of hydrogen-bond donors (Lipinski definition) is 0. The molecule has 0 aliphatic carbocycles. The molecule has 5 heteroatoms. The highest BCUT2D eigenvalue weighted by Crippen LogP contribution is 2.25. The fourth-order valence-corrected chi connectivity index (χ4v) is 3.50. The number of rotatable bonds is 5. The normalized spacial score (nSPS) is 17.9. The second-order valence-electron chi connectivity index (χ2n) is 6.42. The van der Waals surface area contributed by atoms with Crippen LogP contribution < -0.4 is 0 Å². The summed E-state index contributed by atoms with van der Waals surface area (Å²) >= 11 is 0. The molecule has 5 nitrogen and oxygen atoms in total. The Kier molecular flexibility index (Phi) is 5.30. The molecule has 1 fully saturated rings. The lowest BCUT2D eigenvalue weighted by Gasteiger charge is -2.35. The summed E-state index contributed by atoms with van der Waals surface area (Å²) in [5.74, 6) is 1.15. The largest absolute Gasteiger partial charge is 0.377 e. The first-order chi connectivity index (χ1) is 11.7. The zero-order chi connectivity index (χ0) is 16.9. The van der Waals surface area contributed by atoms with E-state index in [1.54, 1.807) is 7.11 Å². The third kappa shape index (κ3) is 3.67. The van der Waals surface area contributed by atoms with Gasteiger partial charge in [0.05, 0.1) is 12.5 Å². The van der Waals surface area contributed by atoms with E-state index in [1.807, 2.05) is 41.4 Å². The van der Waals surface area contributed by atoms with Crippen LogP contribution in [0.5, 0.6) is 0 Å². The van der Waals surface area contributed by atoms with E-state index in [0.717, 1.165) is 43.0 Å². The van der Waals surface area contributed by atoms with Crippen molar-refractivity contribution in [2.45, 2.75) is 38.8 Å². The molecular weight excluding hydrogens is 302 g/mol. The van der Waals surface area contributed by atoms with Gasteiger partial charge in [0.25, 0.3) is 0 Å². The van der Waals surface area contributed by atoms with Gasteiger partial charge in [-0.05, 0) is 25.3 Å². The first kappa shape index (κ1) is 16.7. The number of likely N-dealkylation sites (tertiary alicyclic amines) is 1. The van der Waals surface area contributed by atoms with Gasteiger partial charge in [-0.2, -0.15) is 0 Å². The molecule has 1 aliphatic rings. The molecule has 0 bridgehead atoms. The molecule has 3 rings (SSSR count). The van der Waals surface area contributed by atoms with E-state index < -0.39 is 0 Å². The van der Waals surface area contributed by atoms with Gasteiger partial charge in [-0.15, -0.1) is 0 Å².